The van der Waals surface area contributed by atoms with Crippen LogP contribution in [0.1, 0.15) is 25.8 Å². The summed E-state index contributed by atoms with van der Waals surface area (Å²) in [6.07, 6.45) is 1.19. The Hall–Kier alpha value is -2.07. The minimum Gasteiger partial charge on any atom is -0.497 e. The van der Waals surface area contributed by atoms with E-state index in [2.05, 4.69) is 36.1 Å². The third-order valence-electron chi connectivity index (χ3n) is 5.27. The molecule has 0 saturated carbocycles. The molecule has 1 aliphatic rings. The summed E-state index contributed by atoms with van der Waals surface area (Å²) >= 11 is 0. The zero-order chi connectivity index (χ0) is 18.0. The van der Waals surface area contributed by atoms with Crippen LogP contribution in [0.2, 0.25) is 0 Å². The Balaban J connectivity index is 1.68. The molecule has 3 rings (SSSR count). The third-order valence-corrected chi connectivity index (χ3v) is 5.27. The van der Waals surface area contributed by atoms with Gasteiger partial charge >= 0.3 is 0 Å². The van der Waals surface area contributed by atoms with E-state index in [0.29, 0.717) is 12.5 Å². The van der Waals surface area contributed by atoms with Crippen LogP contribution in [0.4, 0.5) is 0 Å². The van der Waals surface area contributed by atoms with E-state index in [4.69, 9.17) is 4.74 Å². The molecule has 0 bridgehead atoms. The summed E-state index contributed by atoms with van der Waals surface area (Å²) in [6, 6.07) is 12.4. The summed E-state index contributed by atoms with van der Waals surface area (Å²) in [5.41, 5.74) is 1.15. The van der Waals surface area contributed by atoms with E-state index in [1.54, 1.807) is 7.11 Å². The van der Waals surface area contributed by atoms with Crippen LogP contribution in [0.15, 0.2) is 36.4 Å². The van der Waals surface area contributed by atoms with Gasteiger partial charge in [0.1, 0.15) is 5.75 Å². The predicted octanol–water partition coefficient (Wildman–Crippen LogP) is 3.54. The van der Waals surface area contributed by atoms with E-state index in [9.17, 15) is 4.79 Å². The maximum atomic E-state index is 12.8. The number of rotatable bonds is 5. The topological polar surface area (TPSA) is 32.8 Å². The van der Waals surface area contributed by atoms with E-state index in [1.165, 1.54) is 11.8 Å². The Bertz CT molecular complexity index is 759. The van der Waals surface area contributed by atoms with E-state index in [1.807, 2.05) is 31.0 Å². The number of hydrogen-bond donors (Lipinski definition) is 0. The van der Waals surface area contributed by atoms with Crippen molar-refractivity contribution >= 4 is 16.7 Å². The smallest absolute Gasteiger partial charge is 0.239 e. The van der Waals surface area contributed by atoms with Gasteiger partial charge in [0.15, 0.2) is 0 Å². The molecular formula is C21H28N2O2. The van der Waals surface area contributed by atoms with E-state index in [-0.39, 0.29) is 11.9 Å². The molecule has 25 heavy (non-hydrogen) atoms. The first kappa shape index (κ1) is 17.7. The number of amides is 1. The van der Waals surface area contributed by atoms with Crippen molar-refractivity contribution in [3.05, 3.63) is 42.0 Å². The molecular weight excluding hydrogens is 312 g/mol. The lowest BCUT2D eigenvalue weighted by Gasteiger charge is -2.28. The van der Waals surface area contributed by atoms with Crippen molar-refractivity contribution in [2.24, 2.45) is 5.92 Å². The Kier molecular flexibility index (Phi) is 5.28. The highest BCUT2D eigenvalue weighted by molar-refractivity contribution is 5.85. The quantitative estimate of drug-likeness (QED) is 0.835. The van der Waals surface area contributed by atoms with Gasteiger partial charge < -0.3 is 9.64 Å². The summed E-state index contributed by atoms with van der Waals surface area (Å²) in [4.78, 5) is 16.9. The van der Waals surface area contributed by atoms with Crippen LogP contribution in [0.25, 0.3) is 10.8 Å². The van der Waals surface area contributed by atoms with Gasteiger partial charge in [0.25, 0.3) is 0 Å². The van der Waals surface area contributed by atoms with Crippen molar-refractivity contribution in [1.29, 1.82) is 0 Å². The molecule has 0 spiro atoms. The fourth-order valence-electron chi connectivity index (χ4n) is 3.65. The lowest BCUT2D eigenvalue weighted by molar-refractivity contribution is -0.135. The molecule has 0 N–H and O–H groups in total. The van der Waals surface area contributed by atoms with E-state index in [0.717, 1.165) is 29.8 Å². The molecule has 4 nitrogen and oxygen atoms in total. The van der Waals surface area contributed by atoms with Crippen LogP contribution in [0.3, 0.4) is 0 Å². The molecule has 1 fully saturated rings. The van der Waals surface area contributed by atoms with Crippen LogP contribution in [0.5, 0.6) is 5.75 Å². The lowest BCUT2D eigenvalue weighted by atomic mass is 10.1. The lowest BCUT2D eigenvalue weighted by Crippen LogP contribution is -2.44. The highest BCUT2D eigenvalue weighted by Gasteiger charge is 2.29. The van der Waals surface area contributed by atoms with Gasteiger partial charge in [0.2, 0.25) is 5.91 Å². The number of carbonyl (C=O) groups is 1. The van der Waals surface area contributed by atoms with Gasteiger partial charge in [0.05, 0.1) is 13.2 Å². The molecule has 2 aromatic rings. The van der Waals surface area contributed by atoms with Crippen molar-refractivity contribution in [3.63, 3.8) is 0 Å². The minimum absolute atomic E-state index is 0.0420. The monoisotopic (exact) mass is 340 g/mol. The molecule has 0 aliphatic carbocycles. The van der Waals surface area contributed by atoms with Crippen LogP contribution >= 0.6 is 0 Å². The summed E-state index contributed by atoms with van der Waals surface area (Å²) in [5, 5.41) is 2.32. The first-order chi connectivity index (χ1) is 12.0. The molecule has 2 aromatic carbocycles. The van der Waals surface area contributed by atoms with Gasteiger partial charge in [-0.05, 0) is 60.3 Å². The number of hydrogen-bond acceptors (Lipinski definition) is 3. The fraction of sp³-hybridized carbons (Fsp3) is 0.476. The van der Waals surface area contributed by atoms with Crippen molar-refractivity contribution in [1.82, 2.24) is 9.80 Å². The van der Waals surface area contributed by atoms with Crippen LogP contribution in [0, 0.1) is 5.92 Å². The number of carbonyl (C=O) groups excluding carboxylic acids is 1. The number of nitrogens with zero attached hydrogens (tertiary/aromatic N) is 2. The second-order valence-corrected chi connectivity index (χ2v) is 7.31. The summed E-state index contributed by atoms with van der Waals surface area (Å²) in [5.74, 6) is 1.75. The molecule has 1 amide bonds. The van der Waals surface area contributed by atoms with Crippen molar-refractivity contribution < 1.29 is 9.53 Å². The average molecular weight is 340 g/mol. The van der Waals surface area contributed by atoms with E-state index < -0.39 is 0 Å². The predicted molar refractivity (Wildman–Crippen MR) is 102 cm³/mol. The van der Waals surface area contributed by atoms with Crippen LogP contribution < -0.4 is 4.74 Å². The fourth-order valence-corrected chi connectivity index (χ4v) is 3.65. The standard InChI is InChI=1S/C21H28N2O2/c1-15-9-10-23(13-15)16(2)21(24)22(3)14-17-5-6-19-12-20(25-4)8-7-18(19)11-17/h5-8,11-12,15-16H,9-10,13-14H2,1-4H3. The second-order valence-electron chi connectivity index (χ2n) is 7.31. The molecule has 1 heterocycles. The first-order valence-corrected chi connectivity index (χ1v) is 9.03. The Morgan fingerprint density at radius 3 is 2.68 bits per heavy atom. The van der Waals surface area contributed by atoms with Crippen LogP contribution in [-0.4, -0.2) is 49.0 Å². The Labute approximate surface area is 150 Å². The van der Waals surface area contributed by atoms with Gasteiger partial charge in [-0.1, -0.05) is 25.1 Å². The van der Waals surface area contributed by atoms with E-state index >= 15 is 0 Å². The maximum absolute atomic E-state index is 12.8. The number of likely N-dealkylation sites (tertiary alicyclic amines) is 1. The Morgan fingerprint density at radius 1 is 1.28 bits per heavy atom. The molecule has 1 saturated heterocycles. The highest BCUT2D eigenvalue weighted by atomic mass is 16.5. The normalized spacial score (nSPS) is 19.1. The summed E-state index contributed by atoms with van der Waals surface area (Å²) in [7, 11) is 3.58. The second kappa shape index (κ2) is 7.44. The molecule has 0 aromatic heterocycles. The average Bonchev–Trinajstić information content (AvgIpc) is 3.06. The first-order valence-electron chi connectivity index (χ1n) is 9.03. The maximum Gasteiger partial charge on any atom is 0.239 e. The van der Waals surface area contributed by atoms with Crippen LogP contribution in [-0.2, 0) is 11.3 Å². The largest absolute Gasteiger partial charge is 0.497 e. The number of fused-ring (bicyclic) bond motifs is 1. The van der Waals surface area contributed by atoms with Gasteiger partial charge in [-0.25, -0.2) is 0 Å². The van der Waals surface area contributed by atoms with Gasteiger partial charge in [-0.2, -0.15) is 0 Å². The molecule has 134 valence electrons. The molecule has 1 aliphatic heterocycles. The van der Waals surface area contributed by atoms with Crippen molar-refractivity contribution in [3.8, 4) is 5.75 Å². The van der Waals surface area contributed by atoms with Crippen molar-refractivity contribution in [2.45, 2.75) is 32.9 Å². The van der Waals surface area contributed by atoms with Gasteiger partial charge in [-0.3, -0.25) is 9.69 Å². The van der Waals surface area contributed by atoms with Gasteiger partial charge in [0, 0.05) is 20.1 Å². The molecule has 2 unspecified atom stereocenters. The summed E-state index contributed by atoms with van der Waals surface area (Å²) < 4.78 is 5.27. The number of likely N-dealkylation sites (N-methyl/N-ethyl adjacent to an activating group) is 1. The number of methoxy groups -OCH3 is 1. The molecule has 2 atom stereocenters. The highest BCUT2D eigenvalue weighted by Crippen LogP contribution is 2.23. The summed E-state index contributed by atoms with van der Waals surface area (Å²) in [6.45, 7) is 6.97. The number of benzene rings is 2. The molecule has 4 heteroatoms. The zero-order valence-electron chi connectivity index (χ0n) is 15.7. The van der Waals surface area contributed by atoms with Crippen molar-refractivity contribution in [2.75, 3.05) is 27.2 Å². The number of ether oxygens (including phenoxy) is 1. The SMILES string of the molecule is COc1ccc2cc(CN(C)C(=O)C(C)N3CCC(C)C3)ccc2c1. The zero-order valence-corrected chi connectivity index (χ0v) is 15.7. The molecule has 0 radical (unpaired) electrons. The minimum atomic E-state index is -0.0420. The Morgan fingerprint density at radius 2 is 2.00 bits per heavy atom. The third kappa shape index (κ3) is 3.96. The van der Waals surface area contributed by atoms with Gasteiger partial charge in [-0.15, -0.1) is 0 Å².